The molecule has 0 aliphatic heterocycles. The van der Waals surface area contributed by atoms with E-state index in [1.54, 1.807) is 0 Å². The summed E-state index contributed by atoms with van der Waals surface area (Å²) in [6.45, 7) is 0. The van der Waals surface area contributed by atoms with Gasteiger partial charge in [0.15, 0.2) is 0 Å². The van der Waals surface area contributed by atoms with Crippen molar-refractivity contribution in [2.24, 2.45) is 0 Å². The molecule has 0 saturated carbocycles. The van der Waals surface area contributed by atoms with Crippen molar-refractivity contribution in [3.63, 3.8) is 0 Å². The summed E-state index contributed by atoms with van der Waals surface area (Å²) in [5.74, 6) is 0. The van der Waals surface area contributed by atoms with Crippen molar-refractivity contribution in [3.05, 3.63) is 22.3 Å². The molecule has 0 atom stereocenters. The van der Waals surface area contributed by atoms with E-state index in [9.17, 15) is 0 Å². The molecule has 0 fully saturated rings. The SMILES string of the molecule is [CH3-].[CH3-].[CH3-].[Cl][Ti+3]. The van der Waals surface area contributed by atoms with Crippen LogP contribution in [0.5, 0.6) is 0 Å². The van der Waals surface area contributed by atoms with Gasteiger partial charge in [-0.3, -0.25) is 0 Å². The van der Waals surface area contributed by atoms with Gasteiger partial charge in [-0.2, -0.15) is 0 Å². The molecular formula is C3H9ClTi. The van der Waals surface area contributed by atoms with Gasteiger partial charge in [-0.1, -0.05) is 0 Å². The zero-order valence-corrected chi connectivity index (χ0v) is 6.20. The van der Waals surface area contributed by atoms with Crippen LogP contribution in [0.1, 0.15) is 0 Å². The van der Waals surface area contributed by atoms with Crippen LogP contribution in [-0.4, -0.2) is 0 Å². The van der Waals surface area contributed by atoms with Gasteiger partial charge in [0.1, 0.15) is 0 Å². The first kappa shape index (κ1) is 37.4. The zero-order valence-electron chi connectivity index (χ0n) is 3.88. The Bertz CT molecular complexity index is 6.85. The van der Waals surface area contributed by atoms with Gasteiger partial charge in [-0.25, -0.2) is 0 Å². The molecule has 32 valence electrons. The molecule has 0 nitrogen and oxygen atoms in total. The van der Waals surface area contributed by atoms with Crippen LogP contribution >= 0.6 is 9.30 Å². The fourth-order valence-electron chi connectivity index (χ4n) is 0. The standard InChI is InChI=1S/3CH3.ClH.Ti/h3*1H3;1H;/q3*-1;;+4/p-1. The van der Waals surface area contributed by atoms with E-state index < -0.39 is 0 Å². The van der Waals surface area contributed by atoms with Crippen molar-refractivity contribution in [1.82, 2.24) is 0 Å². The summed E-state index contributed by atoms with van der Waals surface area (Å²) >= 11 is 1.47. The van der Waals surface area contributed by atoms with Gasteiger partial charge in [-0.15, -0.1) is 0 Å². The Morgan fingerprint density at radius 2 is 0.800 bits per heavy atom. The van der Waals surface area contributed by atoms with Crippen molar-refractivity contribution in [3.8, 4) is 0 Å². The minimum absolute atomic E-state index is 0. The van der Waals surface area contributed by atoms with Gasteiger partial charge >= 0.3 is 28.7 Å². The average Bonchev–Trinajstić information content (AvgIpc) is 1.00. The summed E-state index contributed by atoms with van der Waals surface area (Å²) in [6, 6.07) is 0. The Kier molecular flexibility index (Phi) is 596. The van der Waals surface area contributed by atoms with Crippen LogP contribution in [-0.2, 0) is 19.4 Å². The van der Waals surface area contributed by atoms with Crippen LogP contribution < -0.4 is 0 Å². The molecule has 5 heavy (non-hydrogen) atoms. The summed E-state index contributed by atoms with van der Waals surface area (Å²) < 4.78 is 0. The van der Waals surface area contributed by atoms with E-state index in [0.29, 0.717) is 0 Å². The second-order valence-corrected chi connectivity index (χ2v) is 0. The second kappa shape index (κ2) is 79.6. The minimum atomic E-state index is 0. The van der Waals surface area contributed by atoms with Crippen LogP contribution in [0.4, 0.5) is 0 Å². The molecule has 0 radical (unpaired) electrons. The third kappa shape index (κ3) is 44.8. The molecule has 0 amide bonds. The van der Waals surface area contributed by atoms with Crippen LogP contribution in [0.15, 0.2) is 0 Å². The van der Waals surface area contributed by atoms with Gasteiger partial charge in [0.25, 0.3) is 0 Å². The van der Waals surface area contributed by atoms with Crippen LogP contribution in [0.25, 0.3) is 0 Å². The molecule has 0 aromatic carbocycles. The molecule has 0 aromatic heterocycles. The third-order valence-electron chi connectivity index (χ3n) is 0. The summed E-state index contributed by atoms with van der Waals surface area (Å²) in [5, 5.41) is 0. The summed E-state index contributed by atoms with van der Waals surface area (Å²) in [6.07, 6.45) is 0. The zero-order chi connectivity index (χ0) is 2.00. The first-order valence-corrected chi connectivity index (χ1v) is 2.34. The molecule has 0 aliphatic rings. The molecule has 0 aliphatic carbocycles. The molecule has 0 aromatic rings. The van der Waals surface area contributed by atoms with E-state index in [-0.39, 0.29) is 22.3 Å². The first-order chi connectivity index (χ1) is 1.00. The van der Waals surface area contributed by atoms with E-state index in [2.05, 4.69) is 9.30 Å². The van der Waals surface area contributed by atoms with Gasteiger partial charge in [-0.05, 0) is 0 Å². The van der Waals surface area contributed by atoms with Crippen molar-refractivity contribution in [1.29, 1.82) is 0 Å². The Morgan fingerprint density at radius 1 is 0.800 bits per heavy atom. The molecule has 0 rings (SSSR count). The maximum absolute atomic E-state index is 4.64. The molecule has 0 saturated heterocycles. The van der Waals surface area contributed by atoms with Crippen LogP contribution in [0.3, 0.4) is 0 Å². The normalized spacial score (nSPS) is 1.40. The van der Waals surface area contributed by atoms with E-state index in [1.807, 2.05) is 0 Å². The fraction of sp³-hybridized carbons (Fsp3) is 0. The molecular weight excluding hydrogens is 119 g/mol. The molecule has 0 bridgehead atoms. The average molecular weight is 128 g/mol. The second-order valence-electron chi connectivity index (χ2n) is 0. The molecule has 0 heterocycles. The Labute approximate surface area is 51.2 Å². The van der Waals surface area contributed by atoms with Crippen LogP contribution in [0, 0.1) is 22.3 Å². The van der Waals surface area contributed by atoms with E-state index in [1.165, 1.54) is 19.4 Å². The summed E-state index contributed by atoms with van der Waals surface area (Å²) in [4.78, 5) is 0. The van der Waals surface area contributed by atoms with Gasteiger partial charge in [0.2, 0.25) is 0 Å². The molecule has 0 spiro atoms. The van der Waals surface area contributed by atoms with Crippen molar-refractivity contribution in [2.45, 2.75) is 0 Å². The van der Waals surface area contributed by atoms with Crippen molar-refractivity contribution < 1.29 is 19.4 Å². The number of hydrogen-bond acceptors (Lipinski definition) is 0. The molecule has 0 N–H and O–H groups in total. The third-order valence-corrected chi connectivity index (χ3v) is 0. The maximum atomic E-state index is 4.64. The van der Waals surface area contributed by atoms with Gasteiger partial charge in [0, 0.05) is 0 Å². The molecule has 2 heteroatoms. The van der Waals surface area contributed by atoms with Crippen LogP contribution in [0.2, 0.25) is 0 Å². The first-order valence-electron chi connectivity index (χ1n) is 0.189. The predicted molar refractivity (Wildman–Crippen MR) is 25.1 cm³/mol. The van der Waals surface area contributed by atoms with E-state index >= 15 is 0 Å². The number of halogens is 1. The van der Waals surface area contributed by atoms with E-state index in [4.69, 9.17) is 0 Å². The quantitative estimate of drug-likeness (QED) is 0.346. The molecule has 0 unspecified atom stereocenters. The topological polar surface area (TPSA) is 0 Å². The Balaban J connectivity index is -0.00000000167. The monoisotopic (exact) mass is 128 g/mol. The Hall–Kier alpha value is 1.00. The van der Waals surface area contributed by atoms with E-state index in [0.717, 1.165) is 0 Å². The fourth-order valence-corrected chi connectivity index (χ4v) is 0. The Morgan fingerprint density at radius 3 is 0.800 bits per heavy atom. The summed E-state index contributed by atoms with van der Waals surface area (Å²) in [5.41, 5.74) is 0. The van der Waals surface area contributed by atoms with Gasteiger partial charge in [0.05, 0.1) is 0 Å². The number of rotatable bonds is 0. The van der Waals surface area contributed by atoms with Crippen molar-refractivity contribution in [2.75, 3.05) is 0 Å². The van der Waals surface area contributed by atoms with Gasteiger partial charge < -0.3 is 22.3 Å². The number of hydrogen-bond donors (Lipinski definition) is 0. The van der Waals surface area contributed by atoms with Crippen molar-refractivity contribution >= 4 is 9.30 Å². The summed E-state index contributed by atoms with van der Waals surface area (Å²) in [7, 11) is 4.64. The predicted octanol–water partition coefficient (Wildman–Crippen LogP) is 2.04.